The molecule has 15 heavy (non-hydrogen) atoms. The lowest BCUT2D eigenvalue weighted by Gasteiger charge is -2.15. The van der Waals surface area contributed by atoms with Crippen molar-refractivity contribution in [1.82, 2.24) is 5.48 Å². The molecule has 0 aromatic heterocycles. The number of aliphatic hydroxyl groups excluding tert-OH is 1. The van der Waals surface area contributed by atoms with Crippen LogP contribution in [0, 0.1) is 11.7 Å². The van der Waals surface area contributed by atoms with Gasteiger partial charge < -0.3 is 5.11 Å². The van der Waals surface area contributed by atoms with Crippen LogP contribution >= 0.6 is 0 Å². The van der Waals surface area contributed by atoms with Gasteiger partial charge in [-0.15, -0.1) is 0 Å². The Morgan fingerprint density at radius 1 is 1.40 bits per heavy atom. The van der Waals surface area contributed by atoms with Crippen molar-refractivity contribution in [2.45, 2.75) is 19.1 Å². The largest absolute Gasteiger partial charge is 0.394 e. The third-order valence-electron chi connectivity index (χ3n) is 2.87. The molecule has 1 aliphatic rings. The predicted octanol–water partition coefficient (Wildman–Crippen LogP) is 1.40. The molecule has 4 heteroatoms. The van der Waals surface area contributed by atoms with Crippen molar-refractivity contribution in [2.24, 2.45) is 5.92 Å². The van der Waals surface area contributed by atoms with E-state index in [4.69, 9.17) is 9.94 Å². The highest BCUT2D eigenvalue weighted by Crippen LogP contribution is 2.30. The third kappa shape index (κ3) is 2.02. The maximum atomic E-state index is 12.7. The Kier molecular flexibility index (Phi) is 3.00. The van der Waals surface area contributed by atoms with E-state index in [9.17, 15) is 4.39 Å². The normalized spacial score (nSPS) is 30.7. The van der Waals surface area contributed by atoms with E-state index in [0.29, 0.717) is 0 Å². The number of rotatable bonds is 2. The first-order valence-corrected chi connectivity index (χ1v) is 5.00. The van der Waals surface area contributed by atoms with Gasteiger partial charge in [0.05, 0.1) is 12.6 Å². The summed E-state index contributed by atoms with van der Waals surface area (Å²) in [5.41, 5.74) is 3.83. The molecule has 1 aromatic rings. The molecule has 0 bridgehead atoms. The molecule has 1 fully saturated rings. The van der Waals surface area contributed by atoms with Gasteiger partial charge in [-0.2, -0.15) is 5.48 Å². The lowest BCUT2D eigenvalue weighted by molar-refractivity contribution is -0.0112. The van der Waals surface area contributed by atoms with Gasteiger partial charge in [-0.3, -0.25) is 4.84 Å². The second kappa shape index (κ2) is 4.26. The summed E-state index contributed by atoms with van der Waals surface area (Å²) in [5, 5.41) is 9.02. The van der Waals surface area contributed by atoms with Crippen molar-refractivity contribution < 1.29 is 14.3 Å². The minimum Gasteiger partial charge on any atom is -0.394 e. The fraction of sp³-hybridized carbons (Fsp3) is 0.455. The van der Waals surface area contributed by atoms with E-state index in [1.54, 1.807) is 12.1 Å². The van der Waals surface area contributed by atoms with Crippen molar-refractivity contribution in [3.8, 4) is 0 Å². The minimum atomic E-state index is -0.246. The minimum absolute atomic E-state index is 0.00807. The van der Waals surface area contributed by atoms with Crippen LogP contribution in [-0.2, 0) is 4.84 Å². The van der Waals surface area contributed by atoms with Crippen molar-refractivity contribution in [3.63, 3.8) is 0 Å². The highest BCUT2D eigenvalue weighted by Gasteiger charge is 2.34. The van der Waals surface area contributed by atoms with Crippen LogP contribution in [0.3, 0.4) is 0 Å². The molecule has 0 amide bonds. The topological polar surface area (TPSA) is 41.5 Å². The Morgan fingerprint density at radius 2 is 2.07 bits per heavy atom. The molecule has 2 rings (SSSR count). The number of nitrogens with one attached hydrogen (secondary N) is 1. The molecule has 1 aromatic carbocycles. The van der Waals surface area contributed by atoms with Gasteiger partial charge in [0.15, 0.2) is 0 Å². The monoisotopic (exact) mass is 211 g/mol. The molecule has 3 nitrogen and oxygen atoms in total. The number of aliphatic hydroxyl groups is 1. The maximum absolute atomic E-state index is 12.7. The molecule has 82 valence electrons. The second-order valence-corrected chi connectivity index (χ2v) is 3.85. The fourth-order valence-corrected chi connectivity index (χ4v) is 1.84. The second-order valence-electron chi connectivity index (χ2n) is 3.85. The number of hydroxylamine groups is 1. The molecule has 2 N–H and O–H groups in total. The van der Waals surface area contributed by atoms with Gasteiger partial charge in [-0.05, 0) is 17.7 Å². The fourth-order valence-electron chi connectivity index (χ4n) is 1.84. The van der Waals surface area contributed by atoms with E-state index in [1.165, 1.54) is 12.1 Å². The molecule has 1 aliphatic heterocycles. The number of halogens is 1. The standard InChI is InChI=1S/C11H14FNO2/c1-7-10(6-14)15-13-11(7)8-2-4-9(12)5-3-8/h2-5,7,10-11,13-14H,6H2,1H3. The summed E-state index contributed by atoms with van der Waals surface area (Å²) in [6.45, 7) is 1.99. The Labute approximate surface area is 87.8 Å². The van der Waals surface area contributed by atoms with Gasteiger partial charge in [0.1, 0.15) is 11.9 Å². The molecule has 1 heterocycles. The zero-order valence-corrected chi connectivity index (χ0v) is 8.48. The molecule has 0 spiro atoms. The van der Waals surface area contributed by atoms with E-state index >= 15 is 0 Å². The highest BCUT2D eigenvalue weighted by molar-refractivity contribution is 5.21. The Morgan fingerprint density at radius 3 is 2.60 bits per heavy atom. The molecule has 1 saturated heterocycles. The first-order chi connectivity index (χ1) is 7.22. The first-order valence-electron chi connectivity index (χ1n) is 5.00. The quantitative estimate of drug-likeness (QED) is 0.777. The van der Waals surface area contributed by atoms with Crippen LogP contribution < -0.4 is 5.48 Å². The van der Waals surface area contributed by atoms with Crippen molar-refractivity contribution >= 4 is 0 Å². The molecule has 0 aliphatic carbocycles. The maximum Gasteiger partial charge on any atom is 0.123 e. The van der Waals surface area contributed by atoms with Crippen LogP contribution in [0.5, 0.6) is 0 Å². The highest BCUT2D eigenvalue weighted by atomic mass is 19.1. The van der Waals surface area contributed by atoms with Crippen LogP contribution in [-0.4, -0.2) is 17.8 Å². The van der Waals surface area contributed by atoms with Crippen molar-refractivity contribution in [3.05, 3.63) is 35.6 Å². The number of hydrogen-bond acceptors (Lipinski definition) is 3. The Balaban J connectivity index is 2.15. The first kappa shape index (κ1) is 10.5. The zero-order chi connectivity index (χ0) is 10.8. The summed E-state index contributed by atoms with van der Waals surface area (Å²) in [6.07, 6.45) is -0.194. The average molecular weight is 211 g/mol. The number of benzene rings is 1. The number of hydrogen-bond donors (Lipinski definition) is 2. The van der Waals surface area contributed by atoms with E-state index in [-0.39, 0.29) is 30.5 Å². The lowest BCUT2D eigenvalue weighted by atomic mass is 9.92. The van der Waals surface area contributed by atoms with Gasteiger partial charge in [-0.25, -0.2) is 4.39 Å². The van der Waals surface area contributed by atoms with E-state index < -0.39 is 0 Å². The van der Waals surface area contributed by atoms with Crippen LogP contribution in [0.2, 0.25) is 0 Å². The summed E-state index contributed by atoms with van der Waals surface area (Å²) >= 11 is 0. The van der Waals surface area contributed by atoms with E-state index in [1.807, 2.05) is 6.92 Å². The predicted molar refractivity (Wildman–Crippen MR) is 53.4 cm³/mol. The van der Waals surface area contributed by atoms with Crippen LogP contribution in [0.15, 0.2) is 24.3 Å². The Bertz CT molecular complexity index is 328. The molecular formula is C11H14FNO2. The molecular weight excluding hydrogens is 197 g/mol. The summed E-state index contributed by atoms with van der Waals surface area (Å²) in [5.74, 6) is -0.0792. The van der Waals surface area contributed by atoms with E-state index in [0.717, 1.165) is 5.56 Å². The van der Waals surface area contributed by atoms with Crippen LogP contribution in [0.1, 0.15) is 18.5 Å². The molecule has 3 unspecified atom stereocenters. The third-order valence-corrected chi connectivity index (χ3v) is 2.87. The van der Waals surface area contributed by atoms with E-state index in [2.05, 4.69) is 5.48 Å². The van der Waals surface area contributed by atoms with Crippen LogP contribution in [0.4, 0.5) is 4.39 Å². The molecule has 3 atom stereocenters. The summed E-state index contributed by atoms with van der Waals surface area (Å²) in [4.78, 5) is 5.22. The summed E-state index contributed by atoms with van der Waals surface area (Å²) in [6, 6.07) is 6.33. The van der Waals surface area contributed by atoms with Gasteiger partial charge in [0.2, 0.25) is 0 Å². The van der Waals surface area contributed by atoms with Gasteiger partial charge in [0.25, 0.3) is 0 Å². The molecule has 0 radical (unpaired) electrons. The zero-order valence-electron chi connectivity index (χ0n) is 8.48. The summed E-state index contributed by atoms with van der Waals surface area (Å²) < 4.78 is 12.7. The lowest BCUT2D eigenvalue weighted by Crippen LogP contribution is -2.20. The van der Waals surface area contributed by atoms with Gasteiger partial charge in [-0.1, -0.05) is 19.1 Å². The van der Waals surface area contributed by atoms with Gasteiger partial charge >= 0.3 is 0 Å². The SMILES string of the molecule is CC1C(CO)ONC1c1ccc(F)cc1. The van der Waals surface area contributed by atoms with Crippen molar-refractivity contribution in [1.29, 1.82) is 0 Å². The van der Waals surface area contributed by atoms with Gasteiger partial charge in [0, 0.05) is 5.92 Å². The molecule has 0 saturated carbocycles. The van der Waals surface area contributed by atoms with Crippen molar-refractivity contribution in [2.75, 3.05) is 6.61 Å². The smallest absolute Gasteiger partial charge is 0.123 e. The van der Waals surface area contributed by atoms with Crippen LogP contribution in [0.25, 0.3) is 0 Å². The Hall–Kier alpha value is -0.970. The average Bonchev–Trinajstić information content (AvgIpc) is 2.61. The summed E-state index contributed by atoms with van der Waals surface area (Å²) in [7, 11) is 0.